The predicted octanol–water partition coefficient (Wildman–Crippen LogP) is 2.60. The van der Waals surface area contributed by atoms with E-state index in [-0.39, 0.29) is 6.61 Å². The fourth-order valence-corrected chi connectivity index (χ4v) is 1.75. The molecule has 0 bridgehead atoms. The van der Waals surface area contributed by atoms with E-state index >= 15 is 0 Å². The van der Waals surface area contributed by atoms with Gasteiger partial charge in [0.1, 0.15) is 0 Å². The third kappa shape index (κ3) is 3.31. The van der Waals surface area contributed by atoms with Crippen LogP contribution in [0.1, 0.15) is 16.7 Å². The Morgan fingerprint density at radius 1 is 0.850 bits per heavy atom. The van der Waals surface area contributed by atoms with E-state index in [4.69, 9.17) is 14.6 Å². The van der Waals surface area contributed by atoms with Crippen LogP contribution >= 0.6 is 0 Å². The lowest BCUT2D eigenvalue weighted by Crippen LogP contribution is -1.90. The monoisotopic (exact) mass is 268 g/mol. The molecule has 0 heterocycles. The Morgan fingerprint density at radius 2 is 1.45 bits per heavy atom. The highest BCUT2D eigenvalue weighted by atomic mass is 16.5. The normalized spacial score (nSPS) is 9.55. The molecule has 0 unspecified atom stereocenters. The van der Waals surface area contributed by atoms with E-state index in [1.165, 1.54) is 0 Å². The molecule has 0 spiro atoms. The molecule has 0 aliphatic carbocycles. The Morgan fingerprint density at radius 3 is 2.05 bits per heavy atom. The zero-order valence-corrected chi connectivity index (χ0v) is 11.5. The zero-order valence-electron chi connectivity index (χ0n) is 11.5. The highest BCUT2D eigenvalue weighted by molar-refractivity contribution is 5.50. The van der Waals surface area contributed by atoms with Crippen LogP contribution in [-0.4, -0.2) is 19.3 Å². The lowest BCUT2D eigenvalue weighted by molar-refractivity contribution is 0.282. The summed E-state index contributed by atoms with van der Waals surface area (Å²) in [5.74, 6) is 7.50. The Balaban J connectivity index is 2.23. The SMILES string of the molecule is COc1ccc(C#Cc2ccc(CO)cc2)cc1OC. The fraction of sp³-hybridized carbons (Fsp3) is 0.176. The maximum Gasteiger partial charge on any atom is 0.161 e. The number of aliphatic hydroxyl groups excluding tert-OH is 1. The van der Waals surface area contributed by atoms with Crippen molar-refractivity contribution in [2.45, 2.75) is 6.61 Å². The van der Waals surface area contributed by atoms with Crippen LogP contribution in [-0.2, 0) is 6.61 Å². The summed E-state index contributed by atoms with van der Waals surface area (Å²) in [6.07, 6.45) is 0. The molecule has 2 aromatic carbocycles. The van der Waals surface area contributed by atoms with Crippen molar-refractivity contribution < 1.29 is 14.6 Å². The second-order valence-electron chi connectivity index (χ2n) is 4.17. The first-order valence-electron chi connectivity index (χ1n) is 6.20. The molecule has 1 N–H and O–H groups in total. The molecule has 0 aliphatic heterocycles. The van der Waals surface area contributed by atoms with Crippen molar-refractivity contribution in [2.75, 3.05) is 14.2 Å². The van der Waals surface area contributed by atoms with Crippen LogP contribution in [0.5, 0.6) is 11.5 Å². The van der Waals surface area contributed by atoms with E-state index in [0.29, 0.717) is 11.5 Å². The molecule has 2 rings (SSSR count). The van der Waals surface area contributed by atoms with E-state index in [1.54, 1.807) is 14.2 Å². The van der Waals surface area contributed by atoms with Crippen LogP contribution in [0, 0.1) is 11.8 Å². The smallest absolute Gasteiger partial charge is 0.161 e. The molecule has 2 aromatic rings. The molecular formula is C17H16O3. The van der Waals surface area contributed by atoms with Gasteiger partial charge in [0, 0.05) is 11.1 Å². The maximum atomic E-state index is 8.98. The van der Waals surface area contributed by atoms with Gasteiger partial charge in [0.15, 0.2) is 11.5 Å². The largest absolute Gasteiger partial charge is 0.493 e. The number of benzene rings is 2. The van der Waals surface area contributed by atoms with Gasteiger partial charge in [-0.1, -0.05) is 24.0 Å². The van der Waals surface area contributed by atoms with Crippen LogP contribution in [0.4, 0.5) is 0 Å². The van der Waals surface area contributed by atoms with E-state index in [9.17, 15) is 0 Å². The first-order valence-corrected chi connectivity index (χ1v) is 6.20. The van der Waals surface area contributed by atoms with Crippen LogP contribution in [0.2, 0.25) is 0 Å². The summed E-state index contributed by atoms with van der Waals surface area (Å²) in [4.78, 5) is 0. The van der Waals surface area contributed by atoms with Crippen molar-refractivity contribution in [3.8, 4) is 23.3 Å². The number of aliphatic hydroxyl groups is 1. The van der Waals surface area contributed by atoms with Gasteiger partial charge in [-0.05, 0) is 35.9 Å². The standard InChI is InChI=1S/C17H16O3/c1-19-16-10-9-14(11-17(16)20-2)6-3-13-4-7-15(12-18)8-5-13/h4-5,7-11,18H,12H2,1-2H3. The van der Waals surface area contributed by atoms with Gasteiger partial charge >= 0.3 is 0 Å². The van der Waals surface area contributed by atoms with E-state index in [1.807, 2.05) is 42.5 Å². The zero-order chi connectivity index (χ0) is 14.4. The van der Waals surface area contributed by atoms with Gasteiger partial charge in [0.25, 0.3) is 0 Å². The average Bonchev–Trinajstić information content (AvgIpc) is 2.53. The molecule has 0 amide bonds. The van der Waals surface area contributed by atoms with Crippen molar-refractivity contribution >= 4 is 0 Å². The van der Waals surface area contributed by atoms with Crippen LogP contribution < -0.4 is 9.47 Å². The van der Waals surface area contributed by atoms with Crippen molar-refractivity contribution in [3.05, 3.63) is 59.2 Å². The Bertz CT molecular complexity index is 634. The quantitative estimate of drug-likeness (QED) is 0.870. The van der Waals surface area contributed by atoms with Gasteiger partial charge in [-0.25, -0.2) is 0 Å². The molecule has 20 heavy (non-hydrogen) atoms. The van der Waals surface area contributed by atoms with Gasteiger partial charge in [0.2, 0.25) is 0 Å². The summed E-state index contributed by atoms with van der Waals surface area (Å²) in [6, 6.07) is 13.1. The summed E-state index contributed by atoms with van der Waals surface area (Å²) in [7, 11) is 3.20. The lowest BCUT2D eigenvalue weighted by atomic mass is 10.1. The Hall–Kier alpha value is -2.44. The van der Waals surface area contributed by atoms with Crippen LogP contribution in [0.15, 0.2) is 42.5 Å². The Labute approximate surface area is 118 Å². The minimum Gasteiger partial charge on any atom is -0.493 e. The molecule has 0 saturated heterocycles. The lowest BCUT2D eigenvalue weighted by Gasteiger charge is -2.06. The minimum absolute atomic E-state index is 0.0450. The second-order valence-corrected chi connectivity index (χ2v) is 4.17. The molecular weight excluding hydrogens is 252 g/mol. The summed E-state index contributed by atoms with van der Waals surface area (Å²) < 4.78 is 10.4. The van der Waals surface area contributed by atoms with E-state index < -0.39 is 0 Å². The topological polar surface area (TPSA) is 38.7 Å². The summed E-state index contributed by atoms with van der Waals surface area (Å²) >= 11 is 0. The van der Waals surface area contributed by atoms with Crippen molar-refractivity contribution in [1.82, 2.24) is 0 Å². The van der Waals surface area contributed by atoms with Crippen molar-refractivity contribution in [1.29, 1.82) is 0 Å². The molecule has 3 heteroatoms. The van der Waals surface area contributed by atoms with Crippen LogP contribution in [0.3, 0.4) is 0 Å². The summed E-state index contributed by atoms with van der Waals surface area (Å²) in [6.45, 7) is 0.0450. The maximum absolute atomic E-state index is 8.98. The van der Waals surface area contributed by atoms with Gasteiger partial charge in [-0.3, -0.25) is 0 Å². The van der Waals surface area contributed by atoms with E-state index in [2.05, 4.69) is 11.8 Å². The second kappa shape index (κ2) is 6.65. The number of rotatable bonds is 3. The highest BCUT2D eigenvalue weighted by Crippen LogP contribution is 2.27. The molecule has 0 radical (unpaired) electrons. The number of hydrogen-bond donors (Lipinski definition) is 1. The number of methoxy groups -OCH3 is 2. The van der Waals surface area contributed by atoms with Gasteiger partial charge in [0.05, 0.1) is 20.8 Å². The number of ether oxygens (including phenoxy) is 2. The highest BCUT2D eigenvalue weighted by Gasteiger charge is 2.02. The average molecular weight is 268 g/mol. The van der Waals surface area contributed by atoms with Crippen LogP contribution in [0.25, 0.3) is 0 Å². The van der Waals surface area contributed by atoms with Gasteiger partial charge in [-0.15, -0.1) is 0 Å². The molecule has 0 aliphatic rings. The predicted molar refractivity (Wildman–Crippen MR) is 77.9 cm³/mol. The molecule has 0 atom stereocenters. The van der Waals surface area contributed by atoms with Crippen molar-refractivity contribution in [2.24, 2.45) is 0 Å². The molecule has 102 valence electrons. The van der Waals surface area contributed by atoms with E-state index in [0.717, 1.165) is 16.7 Å². The Kier molecular flexibility index (Phi) is 4.65. The first kappa shape index (κ1) is 14.0. The molecule has 0 saturated carbocycles. The molecule has 0 aromatic heterocycles. The summed E-state index contributed by atoms with van der Waals surface area (Å²) in [5, 5.41) is 8.98. The first-order chi connectivity index (χ1) is 9.76. The fourth-order valence-electron chi connectivity index (χ4n) is 1.75. The van der Waals surface area contributed by atoms with Gasteiger partial charge < -0.3 is 14.6 Å². The minimum atomic E-state index is 0.0450. The van der Waals surface area contributed by atoms with Gasteiger partial charge in [-0.2, -0.15) is 0 Å². The molecule has 0 fully saturated rings. The third-order valence-corrected chi connectivity index (χ3v) is 2.87. The van der Waals surface area contributed by atoms with Crippen molar-refractivity contribution in [3.63, 3.8) is 0 Å². The molecule has 3 nitrogen and oxygen atoms in total. The summed E-state index contributed by atoms with van der Waals surface area (Å²) in [5.41, 5.74) is 2.63. The number of hydrogen-bond acceptors (Lipinski definition) is 3. The third-order valence-electron chi connectivity index (χ3n) is 2.87.